The van der Waals surface area contributed by atoms with E-state index < -0.39 is 24.7 Å². The molecule has 26 heavy (non-hydrogen) atoms. The van der Waals surface area contributed by atoms with Gasteiger partial charge in [0.1, 0.15) is 0 Å². The Kier molecular flexibility index (Phi) is 6.35. The first kappa shape index (κ1) is 22.3. The van der Waals surface area contributed by atoms with Gasteiger partial charge < -0.3 is 18.3 Å². The van der Waals surface area contributed by atoms with E-state index >= 15 is 0 Å². The highest BCUT2D eigenvalue weighted by Gasteiger charge is 2.61. The summed E-state index contributed by atoms with van der Waals surface area (Å²) >= 11 is 0. The fraction of sp³-hybridized carbons (Fsp3) is 0.789. The van der Waals surface area contributed by atoms with Crippen molar-refractivity contribution in [1.82, 2.24) is 0 Å². The Bertz CT molecular complexity index is 557. The zero-order chi connectivity index (χ0) is 20.0. The molecule has 0 saturated heterocycles. The maximum atomic E-state index is 6.36. The molecule has 0 aromatic heterocycles. The van der Waals surface area contributed by atoms with Gasteiger partial charge >= 0.3 is 8.56 Å². The van der Waals surface area contributed by atoms with Crippen LogP contribution < -0.4 is 0 Å². The molecule has 0 N–H and O–H groups in total. The van der Waals surface area contributed by atoms with Gasteiger partial charge in [-0.1, -0.05) is 39.3 Å². The second kappa shape index (κ2) is 7.42. The summed E-state index contributed by atoms with van der Waals surface area (Å²) in [5, 5.41) is 0. The summed E-state index contributed by atoms with van der Waals surface area (Å²) in [6.07, 6.45) is 2.05. The molecule has 150 valence electrons. The molecule has 0 radical (unpaired) electrons. The molecule has 1 aliphatic heterocycles. The molecule has 0 unspecified atom stereocenters. The highest BCUT2D eigenvalue weighted by Crippen LogP contribution is 2.57. The molecule has 7 heteroatoms. The van der Waals surface area contributed by atoms with Crippen molar-refractivity contribution in [1.29, 1.82) is 0 Å². The quantitative estimate of drug-likeness (QED) is 0.557. The third-order valence-electron chi connectivity index (χ3n) is 5.71. The summed E-state index contributed by atoms with van der Waals surface area (Å²) in [4.78, 5) is 3.13. The highest BCUT2D eigenvalue weighted by atomic mass is 28.4. The molecule has 0 aromatic carbocycles. The van der Waals surface area contributed by atoms with E-state index in [0.29, 0.717) is 0 Å². The summed E-state index contributed by atoms with van der Waals surface area (Å²) in [5.41, 5.74) is 3.14. The lowest BCUT2D eigenvalue weighted by atomic mass is 9.88. The Morgan fingerprint density at radius 3 is 1.31 bits per heavy atom. The van der Waals surface area contributed by atoms with Crippen LogP contribution in [0.3, 0.4) is 0 Å². The molecule has 1 aliphatic carbocycles. The third kappa shape index (κ3) is 3.52. The minimum absolute atomic E-state index is 0.0476. The fourth-order valence-electron chi connectivity index (χ4n) is 5.27. The standard InChI is InChI=1S/C19H38O4Si3/c1-20-13-19(14-21-2)11-15-16(12-19)18(25(8,9)10)26(22-3,23-4)17(15)24(5,6)7/h11-14H2,1-10H3. The van der Waals surface area contributed by atoms with Gasteiger partial charge in [-0.05, 0) is 33.6 Å². The molecular formula is C19H38O4Si3. The van der Waals surface area contributed by atoms with Crippen molar-refractivity contribution in [3.8, 4) is 0 Å². The molecule has 0 aromatic rings. The molecule has 1 saturated carbocycles. The van der Waals surface area contributed by atoms with Crippen LogP contribution in [0.25, 0.3) is 0 Å². The first-order chi connectivity index (χ1) is 11.9. The van der Waals surface area contributed by atoms with Crippen LogP contribution >= 0.6 is 0 Å². The molecule has 0 amide bonds. The molecule has 2 aliphatic rings. The van der Waals surface area contributed by atoms with Crippen LogP contribution in [-0.4, -0.2) is 66.4 Å². The van der Waals surface area contributed by atoms with Crippen LogP contribution in [0.5, 0.6) is 0 Å². The van der Waals surface area contributed by atoms with E-state index in [0.717, 1.165) is 26.1 Å². The second-order valence-electron chi connectivity index (χ2n) is 9.95. The van der Waals surface area contributed by atoms with Gasteiger partial charge in [0.05, 0.1) is 29.4 Å². The van der Waals surface area contributed by atoms with Crippen molar-refractivity contribution in [2.24, 2.45) is 5.41 Å². The Labute approximate surface area is 163 Å². The minimum atomic E-state index is -2.51. The smallest absolute Gasteiger partial charge is 0.390 e. The summed E-state index contributed by atoms with van der Waals surface area (Å²) in [6.45, 7) is 16.1. The van der Waals surface area contributed by atoms with Crippen LogP contribution in [0.2, 0.25) is 39.3 Å². The predicted octanol–water partition coefficient (Wildman–Crippen LogP) is 4.23. The molecule has 0 bridgehead atoms. The lowest BCUT2D eigenvalue weighted by molar-refractivity contribution is 0.0188. The van der Waals surface area contributed by atoms with Gasteiger partial charge in [0, 0.05) is 33.9 Å². The van der Waals surface area contributed by atoms with Crippen molar-refractivity contribution >= 4 is 24.7 Å². The second-order valence-corrected chi connectivity index (χ2v) is 24.0. The summed E-state index contributed by atoms with van der Waals surface area (Å²) < 4.78 is 24.0. The van der Waals surface area contributed by atoms with Crippen molar-refractivity contribution in [3.63, 3.8) is 0 Å². The Hall–Kier alpha value is -0.0294. The molecule has 0 spiro atoms. The lowest BCUT2D eigenvalue weighted by Gasteiger charge is -2.40. The van der Waals surface area contributed by atoms with Crippen LogP contribution in [0.15, 0.2) is 20.8 Å². The van der Waals surface area contributed by atoms with Gasteiger partial charge in [0.2, 0.25) is 0 Å². The first-order valence-electron chi connectivity index (χ1n) is 9.49. The predicted molar refractivity (Wildman–Crippen MR) is 116 cm³/mol. The van der Waals surface area contributed by atoms with E-state index in [1.807, 2.05) is 14.2 Å². The topological polar surface area (TPSA) is 36.9 Å². The van der Waals surface area contributed by atoms with E-state index in [9.17, 15) is 0 Å². The zero-order valence-corrected chi connectivity index (χ0v) is 21.5. The summed E-state index contributed by atoms with van der Waals surface area (Å²) in [7, 11) is 1.58. The van der Waals surface area contributed by atoms with Gasteiger partial charge in [-0.3, -0.25) is 0 Å². The van der Waals surface area contributed by atoms with Crippen molar-refractivity contribution in [3.05, 3.63) is 20.8 Å². The Morgan fingerprint density at radius 1 is 0.731 bits per heavy atom. The van der Waals surface area contributed by atoms with E-state index in [2.05, 4.69) is 39.3 Å². The molecular weight excluding hydrogens is 376 g/mol. The number of ether oxygens (including phenoxy) is 2. The van der Waals surface area contributed by atoms with Crippen LogP contribution in [0.4, 0.5) is 0 Å². The Balaban J connectivity index is 2.77. The molecule has 4 nitrogen and oxygen atoms in total. The average molecular weight is 415 g/mol. The summed E-state index contributed by atoms with van der Waals surface area (Å²) in [6, 6.07) is 0. The lowest BCUT2D eigenvalue weighted by Crippen LogP contribution is -2.56. The van der Waals surface area contributed by atoms with Crippen LogP contribution in [-0.2, 0) is 18.3 Å². The minimum Gasteiger partial charge on any atom is -0.392 e. The maximum Gasteiger partial charge on any atom is 0.390 e. The molecule has 2 rings (SSSR count). The van der Waals surface area contributed by atoms with Crippen LogP contribution in [0, 0.1) is 5.41 Å². The number of methoxy groups -OCH3 is 2. The number of hydrogen-bond donors (Lipinski definition) is 0. The summed E-state index contributed by atoms with van der Waals surface area (Å²) in [5.74, 6) is 0. The highest BCUT2D eigenvalue weighted by molar-refractivity contribution is 7.13. The normalized spacial score (nSPS) is 22.4. The van der Waals surface area contributed by atoms with Crippen molar-refractivity contribution in [2.75, 3.05) is 41.7 Å². The molecule has 0 atom stereocenters. The molecule has 1 heterocycles. The Morgan fingerprint density at radius 2 is 1.08 bits per heavy atom. The first-order valence-corrected chi connectivity index (χ1v) is 18.3. The molecule has 1 fully saturated rings. The van der Waals surface area contributed by atoms with Crippen LogP contribution in [0.1, 0.15) is 12.8 Å². The third-order valence-corrected chi connectivity index (χ3v) is 18.9. The SMILES string of the molecule is COCC1(COC)CC2=C([Si](C)(C)C)[Si](OC)(OC)C([Si](C)(C)C)=C2C1. The number of allylic oxidation sites excluding steroid dienone is 2. The fourth-order valence-corrected chi connectivity index (χ4v) is 20.3. The zero-order valence-electron chi connectivity index (χ0n) is 18.5. The number of rotatable bonds is 8. The average Bonchev–Trinajstić information content (AvgIpc) is 2.95. The number of fused-ring (bicyclic) bond motifs is 1. The maximum absolute atomic E-state index is 6.36. The van der Waals surface area contributed by atoms with Gasteiger partial charge in [-0.15, -0.1) is 0 Å². The van der Waals surface area contributed by atoms with Gasteiger partial charge in [-0.2, -0.15) is 0 Å². The largest absolute Gasteiger partial charge is 0.392 e. The number of hydrogen-bond acceptors (Lipinski definition) is 4. The van der Waals surface area contributed by atoms with E-state index in [4.69, 9.17) is 18.3 Å². The van der Waals surface area contributed by atoms with Gasteiger partial charge in [0.15, 0.2) is 0 Å². The van der Waals surface area contributed by atoms with E-state index in [1.165, 1.54) is 0 Å². The van der Waals surface area contributed by atoms with Gasteiger partial charge in [0.25, 0.3) is 0 Å². The van der Waals surface area contributed by atoms with Gasteiger partial charge in [-0.25, -0.2) is 0 Å². The van der Waals surface area contributed by atoms with E-state index in [1.54, 1.807) is 35.0 Å². The monoisotopic (exact) mass is 414 g/mol. The van der Waals surface area contributed by atoms with E-state index in [-0.39, 0.29) is 5.41 Å². The van der Waals surface area contributed by atoms with Crippen molar-refractivity contribution < 1.29 is 18.3 Å². The van der Waals surface area contributed by atoms with Crippen molar-refractivity contribution in [2.45, 2.75) is 52.1 Å².